The van der Waals surface area contributed by atoms with E-state index in [9.17, 15) is 4.79 Å². The number of carbonyl (C=O) groups excluding carboxylic acids is 1. The highest BCUT2D eigenvalue weighted by molar-refractivity contribution is 8.00. The van der Waals surface area contributed by atoms with Crippen LogP contribution < -0.4 is 10.6 Å². The Bertz CT molecular complexity index is 468. The fourth-order valence-corrected chi connectivity index (χ4v) is 3.35. The van der Waals surface area contributed by atoms with Gasteiger partial charge in [0.15, 0.2) is 0 Å². The van der Waals surface area contributed by atoms with Crippen molar-refractivity contribution in [2.45, 2.75) is 38.8 Å². The number of benzene rings is 1. The molecule has 1 aromatic rings. The average Bonchev–Trinajstić information content (AvgIpc) is 2.54. The van der Waals surface area contributed by atoms with E-state index < -0.39 is 0 Å². The molecule has 0 bridgehead atoms. The number of thioether (sulfide) groups is 1. The topological polar surface area (TPSA) is 50.4 Å². The summed E-state index contributed by atoms with van der Waals surface area (Å²) in [6, 6.07) is 8.00. The number of amides is 1. The quantitative estimate of drug-likeness (QED) is 0.747. The van der Waals surface area contributed by atoms with E-state index in [1.54, 1.807) is 11.8 Å². The molecular weight excluding hydrogens is 332 g/mol. The van der Waals surface area contributed by atoms with Gasteiger partial charge in [0.2, 0.25) is 5.91 Å². The van der Waals surface area contributed by atoms with Gasteiger partial charge in [0.05, 0.1) is 11.9 Å². The van der Waals surface area contributed by atoms with Crippen LogP contribution in [0.2, 0.25) is 0 Å². The maximum absolute atomic E-state index is 12.0. The lowest BCUT2D eigenvalue weighted by Gasteiger charge is -2.21. The Morgan fingerprint density at radius 2 is 2.26 bits per heavy atom. The third kappa shape index (κ3) is 8.06. The molecule has 0 radical (unpaired) electrons. The number of rotatable bonds is 8. The molecule has 1 aromatic carbocycles. The molecule has 0 aromatic heterocycles. The van der Waals surface area contributed by atoms with Crippen LogP contribution in [0.15, 0.2) is 24.3 Å². The van der Waals surface area contributed by atoms with E-state index in [0.717, 1.165) is 37.6 Å². The molecule has 4 nitrogen and oxygen atoms in total. The molecule has 0 saturated carbocycles. The summed E-state index contributed by atoms with van der Waals surface area (Å²) in [7, 11) is 0. The summed E-state index contributed by atoms with van der Waals surface area (Å²) >= 11 is 1.66. The molecule has 23 heavy (non-hydrogen) atoms. The predicted molar refractivity (Wildman–Crippen MR) is 101 cm³/mol. The summed E-state index contributed by atoms with van der Waals surface area (Å²) in [4.78, 5) is 12.0. The van der Waals surface area contributed by atoms with Crippen molar-refractivity contribution < 1.29 is 9.53 Å². The van der Waals surface area contributed by atoms with Crippen LogP contribution in [0, 0.1) is 0 Å². The SMILES string of the molecule is CCNCc1cccc(NC(=O)CSCC2CCCCO2)c1.Cl. The van der Waals surface area contributed by atoms with Gasteiger partial charge in [0, 0.05) is 24.6 Å². The number of hydrogen-bond acceptors (Lipinski definition) is 4. The third-order valence-corrected chi connectivity index (χ3v) is 4.67. The van der Waals surface area contributed by atoms with Crippen molar-refractivity contribution in [2.75, 3.05) is 30.0 Å². The molecule has 1 heterocycles. The minimum Gasteiger partial charge on any atom is -0.377 e. The van der Waals surface area contributed by atoms with E-state index in [-0.39, 0.29) is 18.3 Å². The van der Waals surface area contributed by atoms with E-state index in [0.29, 0.717) is 11.9 Å². The summed E-state index contributed by atoms with van der Waals surface area (Å²) in [6.45, 7) is 4.72. The Balaban J connectivity index is 0.00000264. The van der Waals surface area contributed by atoms with Gasteiger partial charge in [0.25, 0.3) is 0 Å². The zero-order valence-corrected chi connectivity index (χ0v) is 15.3. The number of carbonyl (C=O) groups is 1. The highest BCUT2D eigenvalue weighted by Gasteiger charge is 2.14. The number of ether oxygens (including phenoxy) is 1. The van der Waals surface area contributed by atoms with Crippen LogP contribution in [0.3, 0.4) is 0 Å². The van der Waals surface area contributed by atoms with Gasteiger partial charge in [-0.25, -0.2) is 0 Å². The smallest absolute Gasteiger partial charge is 0.234 e. The zero-order chi connectivity index (χ0) is 15.6. The Hall–Kier alpha value is -0.750. The average molecular weight is 359 g/mol. The summed E-state index contributed by atoms with van der Waals surface area (Å²) < 4.78 is 5.67. The second-order valence-electron chi connectivity index (χ2n) is 5.53. The van der Waals surface area contributed by atoms with E-state index in [2.05, 4.69) is 23.6 Å². The van der Waals surface area contributed by atoms with Gasteiger partial charge in [-0.05, 0) is 43.5 Å². The largest absolute Gasteiger partial charge is 0.377 e. The molecule has 1 aliphatic rings. The minimum absolute atomic E-state index is 0. The van der Waals surface area contributed by atoms with Gasteiger partial charge in [0.1, 0.15) is 0 Å². The molecule has 1 aliphatic heterocycles. The third-order valence-electron chi connectivity index (χ3n) is 3.60. The normalized spacial score (nSPS) is 17.3. The fourth-order valence-electron chi connectivity index (χ4n) is 2.45. The van der Waals surface area contributed by atoms with Crippen LogP contribution in [-0.2, 0) is 16.1 Å². The Labute approximate surface area is 149 Å². The first-order valence-electron chi connectivity index (χ1n) is 8.07. The van der Waals surface area contributed by atoms with E-state index in [1.807, 2.05) is 18.2 Å². The van der Waals surface area contributed by atoms with Gasteiger partial charge >= 0.3 is 0 Å². The van der Waals surface area contributed by atoms with Crippen LogP contribution in [-0.4, -0.2) is 36.7 Å². The monoisotopic (exact) mass is 358 g/mol. The standard InChI is InChI=1S/C17H26N2O2S.ClH/c1-2-18-11-14-6-5-7-15(10-14)19-17(20)13-22-12-16-8-3-4-9-21-16;/h5-7,10,16,18H,2-4,8-9,11-13H2,1H3,(H,19,20);1H. The van der Waals surface area contributed by atoms with E-state index in [1.165, 1.54) is 18.4 Å². The van der Waals surface area contributed by atoms with Crippen LogP contribution in [0.5, 0.6) is 0 Å². The number of halogens is 1. The molecule has 1 fully saturated rings. The molecule has 0 aliphatic carbocycles. The molecule has 1 saturated heterocycles. The summed E-state index contributed by atoms with van der Waals surface area (Å²) in [5, 5.41) is 6.25. The van der Waals surface area contributed by atoms with E-state index in [4.69, 9.17) is 4.74 Å². The van der Waals surface area contributed by atoms with Gasteiger partial charge in [-0.2, -0.15) is 0 Å². The molecule has 1 atom stereocenters. The van der Waals surface area contributed by atoms with Crippen LogP contribution in [0.1, 0.15) is 31.7 Å². The molecule has 0 spiro atoms. The number of anilines is 1. The first-order chi connectivity index (χ1) is 10.8. The Morgan fingerprint density at radius 1 is 1.39 bits per heavy atom. The lowest BCUT2D eigenvalue weighted by Crippen LogP contribution is -2.23. The minimum atomic E-state index is 0. The fraction of sp³-hybridized carbons (Fsp3) is 0.588. The highest BCUT2D eigenvalue weighted by Crippen LogP contribution is 2.17. The Morgan fingerprint density at radius 3 is 3.00 bits per heavy atom. The van der Waals surface area contributed by atoms with Gasteiger partial charge < -0.3 is 15.4 Å². The van der Waals surface area contributed by atoms with Crippen molar-refractivity contribution in [3.8, 4) is 0 Å². The van der Waals surface area contributed by atoms with Gasteiger partial charge in [-0.3, -0.25) is 4.79 Å². The second kappa shape index (κ2) is 11.7. The van der Waals surface area contributed by atoms with Crippen LogP contribution in [0.4, 0.5) is 5.69 Å². The van der Waals surface area contributed by atoms with Gasteiger partial charge in [-0.15, -0.1) is 24.2 Å². The zero-order valence-electron chi connectivity index (χ0n) is 13.7. The molecule has 130 valence electrons. The lowest BCUT2D eigenvalue weighted by molar-refractivity contribution is -0.113. The van der Waals surface area contributed by atoms with Crippen molar-refractivity contribution in [2.24, 2.45) is 0 Å². The molecular formula is C17H27ClN2O2S. The summed E-state index contributed by atoms with van der Waals surface area (Å²) in [5.41, 5.74) is 2.05. The van der Waals surface area contributed by atoms with Crippen LogP contribution >= 0.6 is 24.2 Å². The Kier molecular flexibility index (Phi) is 10.4. The maximum atomic E-state index is 12.0. The first-order valence-corrected chi connectivity index (χ1v) is 9.22. The van der Waals surface area contributed by atoms with Crippen molar-refractivity contribution in [1.82, 2.24) is 5.32 Å². The van der Waals surface area contributed by atoms with Crippen LogP contribution in [0.25, 0.3) is 0 Å². The summed E-state index contributed by atoms with van der Waals surface area (Å²) in [6.07, 6.45) is 3.87. The van der Waals surface area contributed by atoms with E-state index >= 15 is 0 Å². The molecule has 6 heteroatoms. The number of hydrogen-bond donors (Lipinski definition) is 2. The molecule has 2 N–H and O–H groups in total. The maximum Gasteiger partial charge on any atom is 0.234 e. The van der Waals surface area contributed by atoms with Crippen molar-refractivity contribution in [3.63, 3.8) is 0 Å². The first kappa shape index (κ1) is 20.3. The lowest BCUT2D eigenvalue weighted by atomic mass is 10.1. The molecule has 2 rings (SSSR count). The number of nitrogens with one attached hydrogen (secondary N) is 2. The highest BCUT2D eigenvalue weighted by atomic mass is 35.5. The van der Waals surface area contributed by atoms with Crippen molar-refractivity contribution in [1.29, 1.82) is 0 Å². The predicted octanol–water partition coefficient (Wildman–Crippen LogP) is 3.46. The molecule has 1 amide bonds. The molecule has 1 unspecified atom stereocenters. The van der Waals surface area contributed by atoms with Crippen molar-refractivity contribution in [3.05, 3.63) is 29.8 Å². The summed E-state index contributed by atoms with van der Waals surface area (Å²) in [5.74, 6) is 1.45. The van der Waals surface area contributed by atoms with Crippen molar-refractivity contribution >= 4 is 35.8 Å². The second-order valence-corrected chi connectivity index (χ2v) is 6.56. The van der Waals surface area contributed by atoms with Gasteiger partial charge in [-0.1, -0.05) is 19.1 Å².